The molecule has 0 saturated heterocycles. The molecule has 3 rings (SSSR count). The summed E-state index contributed by atoms with van der Waals surface area (Å²) in [4.78, 5) is 25.0. The van der Waals surface area contributed by atoms with E-state index in [0.29, 0.717) is 23.7 Å². The number of para-hydroxylation sites is 1. The number of aryl methyl sites for hydroxylation is 2. The van der Waals surface area contributed by atoms with Crippen molar-refractivity contribution in [3.63, 3.8) is 0 Å². The number of aromatic nitrogens is 1. The quantitative estimate of drug-likeness (QED) is 0.620. The van der Waals surface area contributed by atoms with Crippen LogP contribution in [-0.4, -0.2) is 16.1 Å². The molecule has 0 bridgehead atoms. The molecule has 0 aliphatic rings. The number of hydrogen-bond donors (Lipinski definition) is 0. The van der Waals surface area contributed by atoms with E-state index >= 15 is 0 Å². The minimum atomic E-state index is -0.590. The SMILES string of the molecule is CC(C)(C)OC(=O)Cn1c(CCc2cccc(F)c2)cc(=O)c2ccccc21. The average molecular weight is 381 g/mol. The number of carbonyl (C=O) groups excluding carboxylic acids is 1. The maximum Gasteiger partial charge on any atom is 0.326 e. The van der Waals surface area contributed by atoms with E-state index in [-0.39, 0.29) is 23.8 Å². The zero-order valence-electron chi connectivity index (χ0n) is 16.4. The van der Waals surface area contributed by atoms with Crippen molar-refractivity contribution in [1.29, 1.82) is 0 Å². The Morgan fingerprint density at radius 3 is 2.50 bits per heavy atom. The fourth-order valence-corrected chi connectivity index (χ4v) is 3.24. The number of ether oxygens (including phenoxy) is 1. The summed E-state index contributed by atoms with van der Waals surface area (Å²) >= 11 is 0. The van der Waals surface area contributed by atoms with Crippen LogP contribution in [0.2, 0.25) is 0 Å². The third kappa shape index (κ3) is 4.85. The zero-order valence-corrected chi connectivity index (χ0v) is 16.4. The van der Waals surface area contributed by atoms with Crippen molar-refractivity contribution in [3.05, 3.63) is 81.9 Å². The Hall–Kier alpha value is -2.95. The molecule has 0 aliphatic carbocycles. The van der Waals surface area contributed by atoms with Crippen LogP contribution in [-0.2, 0) is 28.9 Å². The number of fused-ring (bicyclic) bond motifs is 1. The molecule has 4 nitrogen and oxygen atoms in total. The molecule has 5 heteroatoms. The highest BCUT2D eigenvalue weighted by atomic mass is 19.1. The van der Waals surface area contributed by atoms with Crippen LogP contribution in [0.3, 0.4) is 0 Å². The Balaban J connectivity index is 1.98. The number of rotatable bonds is 5. The van der Waals surface area contributed by atoms with Crippen LogP contribution < -0.4 is 5.43 Å². The second-order valence-corrected chi connectivity index (χ2v) is 7.82. The van der Waals surface area contributed by atoms with Crippen LogP contribution in [0.5, 0.6) is 0 Å². The van der Waals surface area contributed by atoms with E-state index in [1.165, 1.54) is 12.1 Å². The molecule has 1 aromatic heterocycles. The number of esters is 1. The molecule has 0 amide bonds. The van der Waals surface area contributed by atoms with Crippen LogP contribution in [0.25, 0.3) is 10.9 Å². The highest BCUT2D eigenvalue weighted by Crippen LogP contribution is 2.17. The predicted octanol–water partition coefficient (Wildman–Crippen LogP) is 4.27. The van der Waals surface area contributed by atoms with Gasteiger partial charge in [0.15, 0.2) is 5.43 Å². The maximum absolute atomic E-state index is 13.5. The summed E-state index contributed by atoms with van der Waals surface area (Å²) in [7, 11) is 0. The van der Waals surface area contributed by atoms with Crippen LogP contribution in [0.4, 0.5) is 4.39 Å². The van der Waals surface area contributed by atoms with Crippen molar-refractivity contribution in [2.24, 2.45) is 0 Å². The standard InChI is InChI=1S/C23H24FNO3/c1-23(2,3)28-22(27)15-25-18(12-11-16-7-6-8-17(24)13-16)14-21(26)19-9-4-5-10-20(19)25/h4-10,13-14H,11-12,15H2,1-3H3. The molecule has 0 aliphatic heterocycles. The highest BCUT2D eigenvalue weighted by Gasteiger charge is 2.19. The van der Waals surface area contributed by atoms with Crippen molar-refractivity contribution < 1.29 is 13.9 Å². The number of carbonyl (C=O) groups is 1. The summed E-state index contributed by atoms with van der Waals surface area (Å²) in [6.45, 7) is 5.47. The normalized spacial score (nSPS) is 11.6. The molecule has 0 fully saturated rings. The van der Waals surface area contributed by atoms with Crippen LogP contribution >= 0.6 is 0 Å². The van der Waals surface area contributed by atoms with E-state index < -0.39 is 5.60 Å². The lowest BCUT2D eigenvalue weighted by Gasteiger charge is -2.22. The molecule has 0 atom stereocenters. The van der Waals surface area contributed by atoms with Crippen molar-refractivity contribution in [2.45, 2.75) is 45.8 Å². The third-order valence-electron chi connectivity index (χ3n) is 4.37. The van der Waals surface area contributed by atoms with E-state index in [1.54, 1.807) is 24.3 Å². The summed E-state index contributed by atoms with van der Waals surface area (Å²) in [6, 6.07) is 15.2. The molecule has 2 aromatic carbocycles. The van der Waals surface area contributed by atoms with Gasteiger partial charge in [0.25, 0.3) is 0 Å². The number of pyridine rings is 1. The van der Waals surface area contributed by atoms with Crippen molar-refractivity contribution in [2.75, 3.05) is 0 Å². The largest absolute Gasteiger partial charge is 0.459 e. The van der Waals surface area contributed by atoms with E-state index in [2.05, 4.69) is 0 Å². The van der Waals surface area contributed by atoms with Crippen molar-refractivity contribution >= 4 is 16.9 Å². The molecular weight excluding hydrogens is 357 g/mol. The second kappa shape index (κ2) is 7.97. The van der Waals surface area contributed by atoms with Gasteiger partial charge < -0.3 is 9.30 Å². The first-order valence-electron chi connectivity index (χ1n) is 9.31. The molecule has 0 unspecified atom stereocenters. The average Bonchev–Trinajstić information content (AvgIpc) is 2.61. The lowest BCUT2D eigenvalue weighted by molar-refractivity contribution is -0.155. The Morgan fingerprint density at radius 2 is 1.79 bits per heavy atom. The van der Waals surface area contributed by atoms with Gasteiger partial charge in [0.1, 0.15) is 18.0 Å². The van der Waals surface area contributed by atoms with Gasteiger partial charge in [0, 0.05) is 17.1 Å². The summed E-state index contributed by atoms with van der Waals surface area (Å²) in [5.74, 6) is -0.657. The van der Waals surface area contributed by atoms with Gasteiger partial charge >= 0.3 is 5.97 Å². The van der Waals surface area contributed by atoms with Gasteiger partial charge in [-0.25, -0.2) is 4.39 Å². The fraction of sp³-hybridized carbons (Fsp3) is 0.304. The van der Waals surface area contributed by atoms with Crippen LogP contribution in [0.1, 0.15) is 32.0 Å². The number of hydrogen-bond acceptors (Lipinski definition) is 3. The Morgan fingerprint density at radius 1 is 1.04 bits per heavy atom. The smallest absolute Gasteiger partial charge is 0.326 e. The van der Waals surface area contributed by atoms with Gasteiger partial charge in [0.2, 0.25) is 0 Å². The number of benzene rings is 2. The molecule has 0 saturated carbocycles. The van der Waals surface area contributed by atoms with Gasteiger partial charge in [-0.15, -0.1) is 0 Å². The third-order valence-corrected chi connectivity index (χ3v) is 4.37. The van der Waals surface area contributed by atoms with E-state index in [9.17, 15) is 14.0 Å². The van der Waals surface area contributed by atoms with E-state index in [0.717, 1.165) is 11.3 Å². The summed E-state index contributed by atoms with van der Waals surface area (Å²) in [5, 5.41) is 0.556. The van der Waals surface area contributed by atoms with Gasteiger partial charge in [-0.3, -0.25) is 9.59 Å². The van der Waals surface area contributed by atoms with Crippen molar-refractivity contribution in [3.8, 4) is 0 Å². The van der Waals surface area contributed by atoms with E-state index in [1.807, 2.05) is 43.5 Å². The molecule has 28 heavy (non-hydrogen) atoms. The summed E-state index contributed by atoms with van der Waals surface area (Å²) in [5.41, 5.74) is 1.57. The van der Waals surface area contributed by atoms with E-state index in [4.69, 9.17) is 4.74 Å². The van der Waals surface area contributed by atoms with Crippen LogP contribution in [0.15, 0.2) is 59.4 Å². The number of halogens is 1. The summed E-state index contributed by atoms with van der Waals surface area (Å²) in [6.07, 6.45) is 1.07. The molecule has 3 aromatic rings. The molecular formula is C23H24FNO3. The fourth-order valence-electron chi connectivity index (χ4n) is 3.24. The Bertz CT molecular complexity index is 1060. The molecule has 0 radical (unpaired) electrons. The Labute approximate surface area is 163 Å². The number of nitrogens with zero attached hydrogens (tertiary/aromatic N) is 1. The first-order chi connectivity index (χ1) is 13.2. The molecule has 1 heterocycles. The Kier molecular flexibility index (Phi) is 5.63. The topological polar surface area (TPSA) is 48.3 Å². The summed E-state index contributed by atoms with van der Waals surface area (Å²) < 4.78 is 20.7. The highest BCUT2D eigenvalue weighted by molar-refractivity contribution is 5.81. The first-order valence-corrected chi connectivity index (χ1v) is 9.31. The van der Waals surface area contributed by atoms with Crippen LogP contribution in [0, 0.1) is 5.82 Å². The second-order valence-electron chi connectivity index (χ2n) is 7.82. The lowest BCUT2D eigenvalue weighted by Crippen LogP contribution is -2.28. The molecule has 0 N–H and O–H groups in total. The molecule has 146 valence electrons. The van der Waals surface area contributed by atoms with Gasteiger partial charge in [-0.1, -0.05) is 24.3 Å². The lowest BCUT2D eigenvalue weighted by atomic mass is 10.1. The minimum absolute atomic E-state index is 0.0105. The monoisotopic (exact) mass is 381 g/mol. The first kappa shape index (κ1) is 19.8. The maximum atomic E-state index is 13.5. The van der Waals surface area contributed by atoms with Crippen molar-refractivity contribution in [1.82, 2.24) is 4.57 Å². The molecule has 0 spiro atoms. The zero-order chi connectivity index (χ0) is 20.3. The predicted molar refractivity (Wildman–Crippen MR) is 108 cm³/mol. The van der Waals surface area contributed by atoms with Gasteiger partial charge in [-0.05, 0) is 63.4 Å². The van der Waals surface area contributed by atoms with Gasteiger partial charge in [-0.2, -0.15) is 0 Å². The minimum Gasteiger partial charge on any atom is -0.459 e. The van der Waals surface area contributed by atoms with Gasteiger partial charge in [0.05, 0.1) is 5.52 Å².